The van der Waals surface area contributed by atoms with Crippen molar-refractivity contribution in [3.63, 3.8) is 0 Å². The molecule has 0 saturated heterocycles. The van der Waals surface area contributed by atoms with Crippen LogP contribution >= 0.6 is 11.6 Å². The molecule has 1 aromatic carbocycles. The number of aromatic nitrogens is 1. The Bertz CT molecular complexity index is 618. The van der Waals surface area contributed by atoms with E-state index in [1.54, 1.807) is 12.1 Å². The number of rotatable bonds is 5. The highest BCUT2D eigenvalue weighted by molar-refractivity contribution is 6.31. The molecule has 0 amide bonds. The third-order valence-electron chi connectivity index (χ3n) is 3.55. The maximum Gasteiger partial charge on any atom is 0.129 e. The Labute approximate surface area is 129 Å². The molecule has 3 nitrogen and oxygen atoms in total. The van der Waals surface area contributed by atoms with E-state index in [-0.39, 0.29) is 11.9 Å². The number of pyridine rings is 1. The average Bonchev–Trinajstić information content (AvgIpc) is 2.49. The molecule has 1 atom stereocenters. The molecule has 0 spiro atoms. The van der Waals surface area contributed by atoms with Gasteiger partial charge in [-0.15, -0.1) is 0 Å². The standard InChI is InChI=1S/C16H19ClFN3/c1-11(12-6-4-5-7-14(12)18)21(3)16-9-8-13(17)15(20-16)10-19-2/h4-9,11,19H,10H2,1-3H3. The summed E-state index contributed by atoms with van der Waals surface area (Å²) in [5.74, 6) is 0.557. The molecular weight excluding hydrogens is 289 g/mol. The van der Waals surface area contributed by atoms with Crippen LogP contribution < -0.4 is 10.2 Å². The molecule has 0 fully saturated rings. The summed E-state index contributed by atoms with van der Waals surface area (Å²) in [6.07, 6.45) is 0. The summed E-state index contributed by atoms with van der Waals surface area (Å²) < 4.78 is 13.9. The Balaban J connectivity index is 2.29. The molecule has 0 aliphatic carbocycles. The summed E-state index contributed by atoms with van der Waals surface area (Å²) >= 11 is 6.12. The lowest BCUT2D eigenvalue weighted by Gasteiger charge is -2.27. The zero-order chi connectivity index (χ0) is 15.4. The topological polar surface area (TPSA) is 28.2 Å². The largest absolute Gasteiger partial charge is 0.353 e. The van der Waals surface area contributed by atoms with Gasteiger partial charge in [0.2, 0.25) is 0 Å². The van der Waals surface area contributed by atoms with Crippen LogP contribution in [0.15, 0.2) is 36.4 Å². The van der Waals surface area contributed by atoms with Gasteiger partial charge in [-0.25, -0.2) is 9.37 Å². The molecule has 1 unspecified atom stereocenters. The van der Waals surface area contributed by atoms with Crippen molar-refractivity contribution in [2.45, 2.75) is 19.5 Å². The Morgan fingerprint density at radius 3 is 2.67 bits per heavy atom. The number of nitrogens with zero attached hydrogens (tertiary/aromatic N) is 2. The van der Waals surface area contributed by atoms with Gasteiger partial charge in [0.05, 0.1) is 16.8 Å². The van der Waals surface area contributed by atoms with Gasteiger partial charge in [0, 0.05) is 19.2 Å². The van der Waals surface area contributed by atoms with Gasteiger partial charge in [-0.2, -0.15) is 0 Å². The van der Waals surface area contributed by atoms with Crippen molar-refractivity contribution in [2.75, 3.05) is 19.0 Å². The molecule has 0 radical (unpaired) electrons. The zero-order valence-electron chi connectivity index (χ0n) is 12.4. The lowest BCUT2D eigenvalue weighted by Crippen LogP contribution is -2.24. The van der Waals surface area contributed by atoms with Crippen LogP contribution in [0.3, 0.4) is 0 Å². The molecule has 1 N–H and O–H groups in total. The third kappa shape index (κ3) is 3.52. The van der Waals surface area contributed by atoms with Gasteiger partial charge in [0.15, 0.2) is 0 Å². The second kappa shape index (κ2) is 6.87. The predicted octanol–water partition coefficient (Wildman–Crippen LogP) is 3.79. The Hall–Kier alpha value is -1.65. The molecule has 1 aromatic heterocycles. The molecule has 1 heterocycles. The van der Waals surface area contributed by atoms with Crippen LogP contribution in [0.4, 0.5) is 10.2 Å². The molecule has 21 heavy (non-hydrogen) atoms. The number of hydrogen-bond donors (Lipinski definition) is 1. The van der Waals surface area contributed by atoms with E-state index in [9.17, 15) is 4.39 Å². The lowest BCUT2D eigenvalue weighted by atomic mass is 10.1. The fraction of sp³-hybridized carbons (Fsp3) is 0.312. The highest BCUT2D eigenvalue weighted by atomic mass is 35.5. The quantitative estimate of drug-likeness (QED) is 0.911. The molecule has 0 aliphatic heterocycles. The summed E-state index contributed by atoms with van der Waals surface area (Å²) in [7, 11) is 3.74. The molecule has 112 valence electrons. The smallest absolute Gasteiger partial charge is 0.129 e. The minimum Gasteiger partial charge on any atom is -0.353 e. The molecule has 0 saturated carbocycles. The van der Waals surface area contributed by atoms with Crippen molar-refractivity contribution in [2.24, 2.45) is 0 Å². The van der Waals surface area contributed by atoms with Gasteiger partial charge in [-0.05, 0) is 32.2 Å². The van der Waals surface area contributed by atoms with Crippen LogP contribution in [-0.2, 0) is 6.54 Å². The average molecular weight is 308 g/mol. The zero-order valence-corrected chi connectivity index (χ0v) is 13.2. The SMILES string of the molecule is CNCc1nc(N(C)C(C)c2ccccc2F)ccc1Cl. The van der Waals surface area contributed by atoms with Crippen LogP contribution in [0.5, 0.6) is 0 Å². The van der Waals surface area contributed by atoms with Gasteiger partial charge in [-0.1, -0.05) is 29.8 Å². The number of hydrogen-bond acceptors (Lipinski definition) is 3. The molecule has 2 rings (SSSR count). The van der Waals surface area contributed by atoms with E-state index in [0.717, 1.165) is 11.5 Å². The van der Waals surface area contributed by atoms with Crippen LogP contribution in [0.2, 0.25) is 5.02 Å². The van der Waals surface area contributed by atoms with Crippen LogP contribution in [0.25, 0.3) is 0 Å². The van der Waals surface area contributed by atoms with Crippen molar-refractivity contribution >= 4 is 17.4 Å². The van der Waals surface area contributed by atoms with Crippen molar-refractivity contribution in [3.8, 4) is 0 Å². The van der Waals surface area contributed by atoms with Gasteiger partial charge in [0.1, 0.15) is 11.6 Å². The van der Waals surface area contributed by atoms with Crippen molar-refractivity contribution in [1.82, 2.24) is 10.3 Å². The number of halogens is 2. The Morgan fingerprint density at radius 1 is 1.29 bits per heavy atom. The molecule has 0 bridgehead atoms. The van der Waals surface area contributed by atoms with E-state index in [2.05, 4.69) is 10.3 Å². The number of anilines is 1. The number of nitrogens with one attached hydrogen (secondary N) is 1. The third-order valence-corrected chi connectivity index (χ3v) is 3.89. The van der Waals surface area contributed by atoms with Crippen molar-refractivity contribution in [1.29, 1.82) is 0 Å². The molecule has 0 aliphatic rings. The second-order valence-corrected chi connectivity index (χ2v) is 5.34. The molecule has 2 aromatic rings. The van der Waals surface area contributed by atoms with Crippen LogP contribution in [-0.4, -0.2) is 19.1 Å². The van der Waals surface area contributed by atoms with Gasteiger partial charge in [0.25, 0.3) is 0 Å². The van der Waals surface area contributed by atoms with E-state index in [0.29, 0.717) is 17.1 Å². The van der Waals surface area contributed by atoms with E-state index in [1.807, 2.05) is 44.1 Å². The fourth-order valence-corrected chi connectivity index (χ4v) is 2.35. The summed E-state index contributed by atoms with van der Waals surface area (Å²) in [5.41, 5.74) is 1.43. The van der Waals surface area contributed by atoms with Crippen molar-refractivity contribution < 1.29 is 4.39 Å². The second-order valence-electron chi connectivity index (χ2n) is 4.94. The van der Waals surface area contributed by atoms with Crippen LogP contribution in [0, 0.1) is 5.82 Å². The molecule has 5 heteroatoms. The normalized spacial score (nSPS) is 12.2. The first-order chi connectivity index (χ1) is 10.0. The summed E-state index contributed by atoms with van der Waals surface area (Å²) in [6.45, 7) is 2.54. The van der Waals surface area contributed by atoms with E-state index < -0.39 is 0 Å². The first-order valence-corrected chi connectivity index (χ1v) is 7.19. The summed E-state index contributed by atoms with van der Waals surface area (Å²) in [4.78, 5) is 6.49. The lowest BCUT2D eigenvalue weighted by molar-refractivity contribution is 0.584. The van der Waals surface area contributed by atoms with Gasteiger partial charge in [-0.3, -0.25) is 0 Å². The van der Waals surface area contributed by atoms with Gasteiger partial charge >= 0.3 is 0 Å². The summed E-state index contributed by atoms with van der Waals surface area (Å²) in [6, 6.07) is 10.3. The minimum atomic E-state index is -0.207. The van der Waals surface area contributed by atoms with Crippen LogP contribution in [0.1, 0.15) is 24.2 Å². The maximum absolute atomic E-state index is 13.9. The fourth-order valence-electron chi connectivity index (χ4n) is 2.18. The van der Waals surface area contributed by atoms with E-state index in [1.165, 1.54) is 6.07 Å². The first-order valence-electron chi connectivity index (χ1n) is 6.82. The van der Waals surface area contributed by atoms with Crippen molar-refractivity contribution in [3.05, 3.63) is 58.5 Å². The minimum absolute atomic E-state index is 0.123. The number of benzene rings is 1. The van der Waals surface area contributed by atoms with E-state index >= 15 is 0 Å². The maximum atomic E-state index is 13.9. The monoisotopic (exact) mass is 307 g/mol. The Morgan fingerprint density at radius 2 is 2.00 bits per heavy atom. The summed E-state index contributed by atoms with van der Waals surface area (Å²) in [5, 5.41) is 3.66. The molecular formula is C16H19ClFN3. The predicted molar refractivity (Wildman–Crippen MR) is 85.2 cm³/mol. The van der Waals surface area contributed by atoms with E-state index in [4.69, 9.17) is 11.6 Å². The highest BCUT2D eigenvalue weighted by Crippen LogP contribution is 2.27. The Kier molecular flexibility index (Phi) is 5.15. The highest BCUT2D eigenvalue weighted by Gasteiger charge is 2.17. The first kappa shape index (κ1) is 15.7. The van der Waals surface area contributed by atoms with Gasteiger partial charge < -0.3 is 10.2 Å².